The molecule has 0 spiro atoms. The highest BCUT2D eigenvalue weighted by atomic mass is 79.9. The Kier molecular flexibility index (Phi) is 3.49. The van der Waals surface area contributed by atoms with Crippen LogP contribution in [0.5, 0.6) is 5.75 Å². The monoisotopic (exact) mass is 388 g/mol. The smallest absolute Gasteiger partial charge is 0.136 e. The number of ether oxygens (including phenoxy) is 1. The molecular formula is C13H10Br2O2S. The molecule has 2 aromatic rings. The number of hydrogen-bond donors (Lipinski definition) is 1. The van der Waals surface area contributed by atoms with E-state index in [-0.39, 0.29) is 6.10 Å². The molecule has 0 saturated carbocycles. The Hall–Kier alpha value is -0.360. The second-order valence-electron chi connectivity index (χ2n) is 4.18. The summed E-state index contributed by atoms with van der Waals surface area (Å²) in [6.07, 6.45) is 0.0625. The molecule has 0 amide bonds. The van der Waals surface area contributed by atoms with Gasteiger partial charge in [0.05, 0.1) is 9.89 Å². The van der Waals surface area contributed by atoms with Gasteiger partial charge in [-0.25, -0.2) is 0 Å². The van der Waals surface area contributed by atoms with E-state index in [0.29, 0.717) is 6.42 Å². The third-order valence-corrected chi connectivity index (χ3v) is 5.16. The van der Waals surface area contributed by atoms with Gasteiger partial charge in [0.15, 0.2) is 0 Å². The zero-order valence-corrected chi connectivity index (χ0v) is 13.3. The Morgan fingerprint density at radius 1 is 1.22 bits per heavy atom. The fraction of sp³-hybridized carbons (Fsp3) is 0.231. The zero-order valence-electron chi connectivity index (χ0n) is 9.27. The molecule has 0 fully saturated rings. The third-order valence-electron chi connectivity index (χ3n) is 2.95. The van der Waals surface area contributed by atoms with Crippen LogP contribution in [0.2, 0.25) is 0 Å². The lowest BCUT2D eigenvalue weighted by atomic mass is 9.98. The Labute approximate surface area is 126 Å². The van der Waals surface area contributed by atoms with Gasteiger partial charge in [0.1, 0.15) is 11.9 Å². The van der Waals surface area contributed by atoms with Crippen molar-refractivity contribution in [3.63, 3.8) is 0 Å². The van der Waals surface area contributed by atoms with Crippen LogP contribution in [-0.2, 0) is 0 Å². The first-order valence-electron chi connectivity index (χ1n) is 5.53. The van der Waals surface area contributed by atoms with E-state index in [9.17, 15) is 5.11 Å². The second-order valence-corrected chi connectivity index (χ2v) is 7.59. The Morgan fingerprint density at radius 3 is 2.78 bits per heavy atom. The number of halogens is 2. The summed E-state index contributed by atoms with van der Waals surface area (Å²) in [6.45, 7) is 0. The highest BCUT2D eigenvalue weighted by Gasteiger charge is 2.28. The average molecular weight is 390 g/mol. The first kappa shape index (κ1) is 12.7. The van der Waals surface area contributed by atoms with Gasteiger partial charge in [-0.15, -0.1) is 11.3 Å². The molecule has 18 heavy (non-hydrogen) atoms. The summed E-state index contributed by atoms with van der Waals surface area (Å²) in [5.74, 6) is 0.762. The summed E-state index contributed by atoms with van der Waals surface area (Å²) in [6, 6.07) is 9.78. The molecule has 1 aliphatic heterocycles. The van der Waals surface area contributed by atoms with Crippen LogP contribution in [-0.4, -0.2) is 5.11 Å². The first-order chi connectivity index (χ1) is 8.63. The number of hydrogen-bond acceptors (Lipinski definition) is 3. The minimum atomic E-state index is -0.465. The number of benzene rings is 1. The van der Waals surface area contributed by atoms with Gasteiger partial charge in [0.25, 0.3) is 0 Å². The number of fused-ring (bicyclic) bond motifs is 1. The molecule has 2 heterocycles. The first-order valence-corrected chi connectivity index (χ1v) is 7.93. The van der Waals surface area contributed by atoms with E-state index >= 15 is 0 Å². The SMILES string of the molecule is O[C@H]1CC(c2ccc(Br)s2)Oc2cc(Br)ccc21. The number of rotatable bonds is 1. The van der Waals surface area contributed by atoms with Crippen molar-refractivity contribution < 1.29 is 9.84 Å². The van der Waals surface area contributed by atoms with E-state index in [1.807, 2.05) is 30.3 Å². The van der Waals surface area contributed by atoms with Gasteiger partial charge in [0, 0.05) is 21.3 Å². The molecule has 1 aliphatic rings. The fourth-order valence-corrected chi connectivity index (χ4v) is 3.90. The molecule has 3 rings (SSSR count). The lowest BCUT2D eigenvalue weighted by Gasteiger charge is -2.29. The summed E-state index contributed by atoms with van der Waals surface area (Å²) in [7, 11) is 0. The van der Waals surface area contributed by atoms with Gasteiger partial charge in [-0.2, -0.15) is 0 Å². The van der Waals surface area contributed by atoms with Crippen molar-refractivity contribution in [1.29, 1.82) is 0 Å². The van der Waals surface area contributed by atoms with Crippen LogP contribution in [0.1, 0.15) is 29.1 Å². The van der Waals surface area contributed by atoms with E-state index in [0.717, 1.165) is 24.4 Å². The summed E-state index contributed by atoms with van der Waals surface area (Å²) in [5.41, 5.74) is 0.866. The van der Waals surface area contributed by atoms with Gasteiger partial charge in [-0.3, -0.25) is 0 Å². The lowest BCUT2D eigenvalue weighted by molar-refractivity contribution is 0.0674. The lowest BCUT2D eigenvalue weighted by Crippen LogP contribution is -2.18. The van der Waals surface area contributed by atoms with Crippen LogP contribution in [0, 0.1) is 0 Å². The van der Waals surface area contributed by atoms with E-state index in [4.69, 9.17) is 4.74 Å². The van der Waals surface area contributed by atoms with Gasteiger partial charge in [-0.05, 0) is 40.2 Å². The highest BCUT2D eigenvalue weighted by Crippen LogP contribution is 2.43. The van der Waals surface area contributed by atoms with Gasteiger partial charge >= 0.3 is 0 Å². The zero-order chi connectivity index (χ0) is 12.7. The number of aliphatic hydroxyl groups is 1. The molecule has 94 valence electrons. The maximum absolute atomic E-state index is 10.2. The summed E-state index contributed by atoms with van der Waals surface area (Å²) in [5, 5.41) is 10.2. The molecule has 1 unspecified atom stereocenters. The van der Waals surface area contributed by atoms with Crippen LogP contribution in [0.25, 0.3) is 0 Å². The van der Waals surface area contributed by atoms with E-state index < -0.39 is 6.10 Å². The van der Waals surface area contributed by atoms with Crippen molar-refractivity contribution in [2.24, 2.45) is 0 Å². The maximum atomic E-state index is 10.2. The molecule has 0 radical (unpaired) electrons. The van der Waals surface area contributed by atoms with Crippen molar-refractivity contribution in [2.75, 3.05) is 0 Å². The molecule has 2 atom stereocenters. The van der Waals surface area contributed by atoms with Crippen LogP contribution in [0.3, 0.4) is 0 Å². The molecule has 1 aromatic carbocycles. The minimum absolute atomic E-state index is 0.0712. The molecule has 0 aliphatic carbocycles. The van der Waals surface area contributed by atoms with Gasteiger partial charge in [0.2, 0.25) is 0 Å². The van der Waals surface area contributed by atoms with Crippen molar-refractivity contribution in [3.05, 3.63) is 49.0 Å². The van der Waals surface area contributed by atoms with Crippen LogP contribution in [0.4, 0.5) is 0 Å². The molecule has 2 nitrogen and oxygen atoms in total. The van der Waals surface area contributed by atoms with E-state index in [1.54, 1.807) is 11.3 Å². The normalized spacial score (nSPS) is 22.4. The maximum Gasteiger partial charge on any atom is 0.136 e. The molecule has 0 bridgehead atoms. The topological polar surface area (TPSA) is 29.5 Å². The fourth-order valence-electron chi connectivity index (χ4n) is 2.09. The van der Waals surface area contributed by atoms with E-state index in [2.05, 4.69) is 31.9 Å². The standard InChI is InChI=1S/C13H10Br2O2S/c14-7-1-2-8-9(16)6-11(17-10(8)5-7)12-3-4-13(15)18-12/h1-5,9,11,16H,6H2/t9-,11?/m0/s1. The summed E-state index contributed by atoms with van der Waals surface area (Å²) >= 11 is 8.52. The number of thiophene rings is 1. The van der Waals surface area contributed by atoms with Crippen molar-refractivity contribution in [2.45, 2.75) is 18.6 Å². The van der Waals surface area contributed by atoms with Gasteiger partial charge in [-0.1, -0.05) is 22.0 Å². The molecule has 1 aromatic heterocycles. The molecular weight excluding hydrogens is 380 g/mol. The van der Waals surface area contributed by atoms with Crippen molar-refractivity contribution in [3.8, 4) is 5.75 Å². The Morgan fingerprint density at radius 2 is 2.06 bits per heavy atom. The largest absolute Gasteiger partial charge is 0.484 e. The molecule has 5 heteroatoms. The average Bonchev–Trinajstić information content (AvgIpc) is 2.75. The predicted octanol–water partition coefficient (Wildman–Crippen LogP) is 4.83. The molecule has 1 N–H and O–H groups in total. The highest BCUT2D eigenvalue weighted by molar-refractivity contribution is 9.11. The van der Waals surface area contributed by atoms with Crippen molar-refractivity contribution >= 4 is 43.2 Å². The van der Waals surface area contributed by atoms with Crippen LogP contribution in [0.15, 0.2) is 38.6 Å². The molecule has 0 saturated heterocycles. The van der Waals surface area contributed by atoms with Crippen LogP contribution >= 0.6 is 43.2 Å². The second kappa shape index (κ2) is 4.96. The quantitative estimate of drug-likeness (QED) is 0.756. The minimum Gasteiger partial charge on any atom is -0.484 e. The van der Waals surface area contributed by atoms with E-state index in [1.165, 1.54) is 0 Å². The van der Waals surface area contributed by atoms with Crippen LogP contribution < -0.4 is 4.74 Å². The number of aliphatic hydroxyl groups excluding tert-OH is 1. The third kappa shape index (κ3) is 2.37. The summed E-state index contributed by atoms with van der Waals surface area (Å²) < 4.78 is 8.02. The Bertz CT molecular complexity index is 582. The summed E-state index contributed by atoms with van der Waals surface area (Å²) in [4.78, 5) is 1.13. The predicted molar refractivity (Wildman–Crippen MR) is 79.1 cm³/mol. The Balaban J connectivity index is 1.95. The van der Waals surface area contributed by atoms with Gasteiger partial charge < -0.3 is 9.84 Å². The van der Waals surface area contributed by atoms with Crippen molar-refractivity contribution in [1.82, 2.24) is 0 Å².